The van der Waals surface area contributed by atoms with Crippen LogP contribution in [0.2, 0.25) is 0 Å². The van der Waals surface area contributed by atoms with Crippen molar-refractivity contribution in [2.45, 2.75) is 13.8 Å². The van der Waals surface area contributed by atoms with Gasteiger partial charge in [0.1, 0.15) is 11.5 Å². The highest BCUT2D eigenvalue weighted by atomic mass is 79.9. The molecule has 0 atom stereocenters. The van der Waals surface area contributed by atoms with Gasteiger partial charge in [-0.15, -0.1) is 0 Å². The van der Waals surface area contributed by atoms with Gasteiger partial charge in [0.2, 0.25) is 0 Å². The van der Waals surface area contributed by atoms with E-state index in [-0.39, 0.29) is 5.69 Å². The standard InChI is InChI=1S/C13H11BrN2O3/c1-8-5-9(2)13(6-11(8)16(17)18)19-12-3-4-15-7-10(12)14/h3-7H,1-2H3. The maximum atomic E-state index is 10.9. The topological polar surface area (TPSA) is 65.3 Å². The summed E-state index contributed by atoms with van der Waals surface area (Å²) >= 11 is 3.32. The van der Waals surface area contributed by atoms with Crippen LogP contribution in [0.4, 0.5) is 5.69 Å². The summed E-state index contributed by atoms with van der Waals surface area (Å²) in [6, 6.07) is 4.87. The van der Waals surface area contributed by atoms with Crippen molar-refractivity contribution < 1.29 is 9.66 Å². The van der Waals surface area contributed by atoms with Crippen LogP contribution >= 0.6 is 15.9 Å². The fraction of sp³-hybridized carbons (Fsp3) is 0.154. The minimum Gasteiger partial charge on any atom is -0.456 e. The van der Waals surface area contributed by atoms with Gasteiger partial charge in [0, 0.05) is 24.0 Å². The fourth-order valence-electron chi connectivity index (χ4n) is 1.69. The van der Waals surface area contributed by atoms with Gasteiger partial charge in [-0.25, -0.2) is 0 Å². The second kappa shape index (κ2) is 5.36. The molecule has 0 N–H and O–H groups in total. The predicted octanol–water partition coefficient (Wildman–Crippen LogP) is 4.16. The van der Waals surface area contributed by atoms with E-state index in [1.807, 2.05) is 6.92 Å². The highest BCUT2D eigenvalue weighted by molar-refractivity contribution is 9.10. The summed E-state index contributed by atoms with van der Waals surface area (Å²) in [6.07, 6.45) is 3.20. The molecule has 19 heavy (non-hydrogen) atoms. The van der Waals surface area contributed by atoms with Crippen LogP contribution in [-0.4, -0.2) is 9.91 Å². The lowest BCUT2D eigenvalue weighted by molar-refractivity contribution is -0.385. The molecule has 0 saturated carbocycles. The number of aryl methyl sites for hydroxylation is 2. The number of pyridine rings is 1. The van der Waals surface area contributed by atoms with Gasteiger partial charge in [-0.2, -0.15) is 0 Å². The van der Waals surface area contributed by atoms with Gasteiger partial charge in [0.15, 0.2) is 0 Å². The molecule has 1 heterocycles. The number of hydrogen-bond acceptors (Lipinski definition) is 4. The minimum absolute atomic E-state index is 0.0470. The molecule has 1 aromatic carbocycles. The number of halogens is 1. The Morgan fingerprint density at radius 3 is 2.63 bits per heavy atom. The van der Waals surface area contributed by atoms with E-state index in [1.165, 1.54) is 6.07 Å². The normalized spacial score (nSPS) is 10.3. The van der Waals surface area contributed by atoms with E-state index in [9.17, 15) is 10.1 Å². The van der Waals surface area contributed by atoms with Crippen molar-refractivity contribution in [2.75, 3.05) is 0 Å². The van der Waals surface area contributed by atoms with Gasteiger partial charge in [-0.05, 0) is 41.4 Å². The minimum atomic E-state index is -0.413. The molecular formula is C13H11BrN2O3. The van der Waals surface area contributed by atoms with Crippen LogP contribution in [0.5, 0.6) is 11.5 Å². The van der Waals surface area contributed by atoms with E-state index in [0.29, 0.717) is 21.5 Å². The smallest absolute Gasteiger partial charge is 0.276 e. The average Bonchev–Trinajstić information content (AvgIpc) is 2.34. The van der Waals surface area contributed by atoms with E-state index in [2.05, 4.69) is 20.9 Å². The summed E-state index contributed by atoms with van der Waals surface area (Å²) in [5.74, 6) is 1.03. The largest absolute Gasteiger partial charge is 0.456 e. The third kappa shape index (κ3) is 2.90. The number of nitro groups is 1. The van der Waals surface area contributed by atoms with Gasteiger partial charge < -0.3 is 4.74 Å². The quantitative estimate of drug-likeness (QED) is 0.628. The van der Waals surface area contributed by atoms with Crippen LogP contribution in [0.3, 0.4) is 0 Å². The molecule has 2 rings (SSSR count). The van der Waals surface area contributed by atoms with E-state index in [1.54, 1.807) is 31.5 Å². The first-order chi connectivity index (χ1) is 8.99. The van der Waals surface area contributed by atoms with Gasteiger partial charge in [0.05, 0.1) is 15.5 Å². The lowest BCUT2D eigenvalue weighted by atomic mass is 10.1. The van der Waals surface area contributed by atoms with Crippen molar-refractivity contribution in [1.29, 1.82) is 0 Å². The van der Waals surface area contributed by atoms with Crippen LogP contribution in [0.1, 0.15) is 11.1 Å². The molecule has 0 saturated heterocycles. The summed E-state index contributed by atoms with van der Waals surface area (Å²) in [5.41, 5.74) is 1.50. The number of nitro benzene ring substituents is 1. The third-order valence-corrected chi connectivity index (χ3v) is 3.24. The zero-order chi connectivity index (χ0) is 14.0. The van der Waals surface area contributed by atoms with Crippen LogP contribution in [0, 0.1) is 24.0 Å². The van der Waals surface area contributed by atoms with E-state index in [0.717, 1.165) is 5.56 Å². The molecule has 0 aliphatic rings. The van der Waals surface area contributed by atoms with Crippen LogP contribution in [0.25, 0.3) is 0 Å². The second-order valence-corrected chi connectivity index (χ2v) is 4.92. The van der Waals surface area contributed by atoms with Gasteiger partial charge in [-0.3, -0.25) is 15.1 Å². The molecule has 0 fully saturated rings. The number of nitrogens with zero attached hydrogens (tertiary/aromatic N) is 2. The van der Waals surface area contributed by atoms with Crippen molar-refractivity contribution >= 4 is 21.6 Å². The molecule has 0 bridgehead atoms. The van der Waals surface area contributed by atoms with Crippen LogP contribution in [-0.2, 0) is 0 Å². The van der Waals surface area contributed by atoms with Crippen molar-refractivity contribution in [3.05, 3.63) is 56.3 Å². The molecule has 1 aromatic heterocycles. The van der Waals surface area contributed by atoms with Crippen LogP contribution < -0.4 is 4.74 Å². The lowest BCUT2D eigenvalue weighted by Crippen LogP contribution is -1.95. The Bertz CT molecular complexity index is 644. The molecule has 0 unspecified atom stereocenters. The molecule has 0 aliphatic carbocycles. The number of ether oxygens (including phenoxy) is 1. The summed E-state index contributed by atoms with van der Waals surface area (Å²) in [5, 5.41) is 10.9. The first-order valence-electron chi connectivity index (χ1n) is 5.52. The van der Waals surface area contributed by atoms with Gasteiger partial charge in [0.25, 0.3) is 5.69 Å². The fourth-order valence-corrected chi connectivity index (χ4v) is 2.02. The number of hydrogen-bond donors (Lipinski definition) is 0. The Hall–Kier alpha value is -1.95. The van der Waals surface area contributed by atoms with E-state index >= 15 is 0 Å². The van der Waals surface area contributed by atoms with E-state index < -0.39 is 4.92 Å². The average molecular weight is 323 g/mol. The van der Waals surface area contributed by atoms with E-state index in [4.69, 9.17) is 4.74 Å². The van der Waals surface area contributed by atoms with Crippen molar-refractivity contribution in [3.63, 3.8) is 0 Å². The summed E-state index contributed by atoms with van der Waals surface area (Å²) < 4.78 is 6.39. The second-order valence-electron chi connectivity index (χ2n) is 4.07. The summed E-state index contributed by atoms with van der Waals surface area (Å²) in [6.45, 7) is 3.55. The van der Waals surface area contributed by atoms with Crippen LogP contribution in [0.15, 0.2) is 35.1 Å². The zero-order valence-electron chi connectivity index (χ0n) is 10.4. The molecule has 5 nitrogen and oxygen atoms in total. The Kier molecular flexibility index (Phi) is 3.80. The molecule has 2 aromatic rings. The van der Waals surface area contributed by atoms with Crippen molar-refractivity contribution in [2.24, 2.45) is 0 Å². The van der Waals surface area contributed by atoms with Gasteiger partial charge >= 0.3 is 0 Å². The monoisotopic (exact) mass is 322 g/mol. The molecule has 6 heteroatoms. The first kappa shape index (κ1) is 13.5. The lowest BCUT2D eigenvalue weighted by Gasteiger charge is -2.10. The van der Waals surface area contributed by atoms with Crippen molar-refractivity contribution in [3.8, 4) is 11.5 Å². The van der Waals surface area contributed by atoms with Gasteiger partial charge in [-0.1, -0.05) is 0 Å². The number of rotatable bonds is 3. The SMILES string of the molecule is Cc1cc(C)c([N+](=O)[O-])cc1Oc1ccncc1Br. The molecule has 98 valence electrons. The number of aromatic nitrogens is 1. The molecule has 0 spiro atoms. The molecular weight excluding hydrogens is 312 g/mol. The van der Waals surface area contributed by atoms with Crippen molar-refractivity contribution in [1.82, 2.24) is 4.98 Å². The Morgan fingerprint density at radius 1 is 1.26 bits per heavy atom. The molecule has 0 amide bonds. The summed E-state index contributed by atoms with van der Waals surface area (Å²) in [7, 11) is 0. The maximum absolute atomic E-state index is 10.9. The number of benzene rings is 1. The highest BCUT2D eigenvalue weighted by Crippen LogP contribution is 2.34. The Labute approximate surface area is 118 Å². The maximum Gasteiger partial charge on any atom is 0.276 e. The third-order valence-electron chi connectivity index (χ3n) is 2.65. The Balaban J connectivity index is 2.43. The Morgan fingerprint density at radius 2 is 2.00 bits per heavy atom. The molecule has 0 aliphatic heterocycles. The molecule has 0 radical (unpaired) electrons. The predicted molar refractivity (Wildman–Crippen MR) is 74.6 cm³/mol. The summed E-state index contributed by atoms with van der Waals surface area (Å²) in [4.78, 5) is 14.5. The zero-order valence-corrected chi connectivity index (χ0v) is 12.0. The highest BCUT2D eigenvalue weighted by Gasteiger charge is 2.15. The first-order valence-corrected chi connectivity index (χ1v) is 6.31.